The van der Waals surface area contributed by atoms with E-state index in [1.54, 1.807) is 0 Å². The fraction of sp³-hybridized carbons (Fsp3) is 0. The first kappa shape index (κ1) is 33.3. The van der Waals surface area contributed by atoms with E-state index in [-0.39, 0.29) is 0 Å². The Morgan fingerprint density at radius 3 is 1.14 bits per heavy atom. The lowest BCUT2D eigenvalue weighted by Gasteiger charge is -2.26. The van der Waals surface area contributed by atoms with Crippen LogP contribution in [0.2, 0.25) is 0 Å². The molecule has 0 N–H and O–H groups in total. The van der Waals surface area contributed by atoms with Crippen LogP contribution in [0.25, 0.3) is 98.8 Å². The maximum Gasteiger partial charge on any atom is 0.135 e. The quantitative estimate of drug-likeness (QED) is 0.169. The second kappa shape index (κ2) is 13.4. The van der Waals surface area contributed by atoms with Crippen molar-refractivity contribution in [1.29, 1.82) is 0 Å². The molecule has 12 aromatic rings. The highest BCUT2D eigenvalue weighted by Gasteiger charge is 2.17. The van der Waals surface area contributed by atoms with E-state index < -0.39 is 0 Å². The highest BCUT2D eigenvalue weighted by Crippen LogP contribution is 2.41. The minimum Gasteiger partial charge on any atom is -0.456 e. The molecule has 0 spiro atoms. The van der Waals surface area contributed by atoms with Gasteiger partial charge in [-0.25, -0.2) is 0 Å². The number of fused-ring (bicyclic) bond motifs is 8. The predicted molar refractivity (Wildman–Crippen MR) is 247 cm³/mol. The molecule has 0 bridgehead atoms. The molecule has 0 radical (unpaired) electrons. The number of anilines is 3. The number of para-hydroxylation sites is 2. The zero-order valence-electron chi connectivity index (χ0n) is 32.0. The van der Waals surface area contributed by atoms with Gasteiger partial charge in [0.2, 0.25) is 0 Å². The van der Waals surface area contributed by atoms with E-state index in [0.29, 0.717) is 0 Å². The molecule has 3 nitrogen and oxygen atoms in total. The summed E-state index contributed by atoms with van der Waals surface area (Å²) in [6.45, 7) is 0. The summed E-state index contributed by atoms with van der Waals surface area (Å²) in [4.78, 5) is 2.36. The molecule has 0 aliphatic rings. The number of rotatable bonds is 6. The molecule has 0 amide bonds. The normalized spacial score (nSPS) is 11.7. The summed E-state index contributed by atoms with van der Waals surface area (Å²) in [5.74, 6) is 0. The molecular weight excluding hydrogens is 719 g/mol. The molecule has 0 atom stereocenters. The molecule has 0 saturated carbocycles. The van der Waals surface area contributed by atoms with Crippen LogP contribution in [0.3, 0.4) is 0 Å². The van der Waals surface area contributed by atoms with Crippen molar-refractivity contribution in [3.05, 3.63) is 212 Å². The highest BCUT2D eigenvalue weighted by atomic mass is 16.3. The molecule has 2 aromatic heterocycles. The highest BCUT2D eigenvalue weighted by molar-refractivity contribution is 6.08. The van der Waals surface area contributed by atoms with Gasteiger partial charge in [-0.2, -0.15) is 0 Å². The summed E-state index contributed by atoms with van der Waals surface area (Å²) in [7, 11) is 0. The molecular formula is C56H35NO2. The van der Waals surface area contributed by atoms with Gasteiger partial charge in [-0.15, -0.1) is 0 Å². The van der Waals surface area contributed by atoms with Crippen LogP contribution in [0, 0.1) is 0 Å². The van der Waals surface area contributed by atoms with Gasteiger partial charge in [-0.3, -0.25) is 0 Å². The molecule has 3 heteroatoms. The Kier molecular flexibility index (Phi) is 7.54. The van der Waals surface area contributed by atoms with Gasteiger partial charge < -0.3 is 13.7 Å². The third-order valence-electron chi connectivity index (χ3n) is 11.8. The molecule has 12 rings (SSSR count). The molecule has 0 aliphatic carbocycles. The van der Waals surface area contributed by atoms with Crippen LogP contribution in [0.4, 0.5) is 17.1 Å². The third-order valence-corrected chi connectivity index (χ3v) is 11.8. The van der Waals surface area contributed by atoms with E-state index in [4.69, 9.17) is 8.83 Å². The Hall–Kier alpha value is -7.88. The van der Waals surface area contributed by atoms with Crippen molar-refractivity contribution in [3.63, 3.8) is 0 Å². The summed E-state index contributed by atoms with van der Waals surface area (Å²) in [5, 5.41) is 9.33. The van der Waals surface area contributed by atoms with Crippen molar-refractivity contribution in [2.75, 3.05) is 4.90 Å². The fourth-order valence-electron chi connectivity index (χ4n) is 8.82. The number of hydrogen-bond acceptors (Lipinski definition) is 3. The molecule has 0 fully saturated rings. The van der Waals surface area contributed by atoms with Crippen molar-refractivity contribution in [2.24, 2.45) is 0 Å². The summed E-state index contributed by atoms with van der Waals surface area (Å²) >= 11 is 0. The summed E-state index contributed by atoms with van der Waals surface area (Å²) in [6.07, 6.45) is 0. The molecule has 59 heavy (non-hydrogen) atoms. The maximum atomic E-state index is 6.22. The number of nitrogens with zero attached hydrogens (tertiary/aromatic N) is 1. The minimum atomic E-state index is 0.890. The molecule has 276 valence electrons. The smallest absolute Gasteiger partial charge is 0.135 e. The SMILES string of the molecule is c1ccc2cc(N(c3ccc(-c4cc(-c5ccc6oc7ccccc7c6c5)cc(-c5ccc6oc7ccccc7c6c5)c4)cc3)c3ccc4ccccc4c3)ccc2c1. The lowest BCUT2D eigenvalue weighted by Crippen LogP contribution is -2.09. The Bertz CT molecular complexity index is 3360. The minimum absolute atomic E-state index is 0.890. The van der Waals surface area contributed by atoms with Crippen molar-refractivity contribution >= 4 is 82.5 Å². The average Bonchev–Trinajstić information content (AvgIpc) is 3.87. The van der Waals surface area contributed by atoms with Gasteiger partial charge >= 0.3 is 0 Å². The third kappa shape index (κ3) is 5.75. The molecule has 10 aromatic carbocycles. The molecule has 0 saturated heterocycles. The van der Waals surface area contributed by atoms with Gasteiger partial charge in [0.05, 0.1) is 0 Å². The van der Waals surface area contributed by atoms with Crippen LogP contribution in [0.5, 0.6) is 0 Å². The predicted octanol–water partition coefficient (Wildman–Crippen LogP) is 16.3. The molecule has 0 unspecified atom stereocenters. The maximum absolute atomic E-state index is 6.22. The van der Waals surface area contributed by atoms with Crippen LogP contribution >= 0.6 is 0 Å². The van der Waals surface area contributed by atoms with Gasteiger partial charge in [0.15, 0.2) is 0 Å². The fourth-order valence-corrected chi connectivity index (χ4v) is 8.82. The van der Waals surface area contributed by atoms with E-state index in [1.807, 2.05) is 24.3 Å². The molecule has 0 aliphatic heterocycles. The summed E-state index contributed by atoms with van der Waals surface area (Å²) in [6, 6.07) is 76.1. The second-order valence-electron chi connectivity index (χ2n) is 15.4. The molecule has 2 heterocycles. The zero-order chi connectivity index (χ0) is 38.9. The first-order chi connectivity index (χ1) is 29.2. The van der Waals surface area contributed by atoms with Crippen molar-refractivity contribution in [3.8, 4) is 33.4 Å². The Morgan fingerprint density at radius 2 is 0.627 bits per heavy atom. The lowest BCUT2D eigenvalue weighted by atomic mass is 9.92. The van der Waals surface area contributed by atoms with E-state index in [1.165, 1.54) is 21.5 Å². The van der Waals surface area contributed by atoms with E-state index in [2.05, 4.69) is 193 Å². The standard InChI is InChI=1S/C56H35NO2/c1-3-11-39-32-47(25-19-36(39)9-1)57(48-26-20-37-10-2-4-12-40(37)33-48)46-23-17-38(18-24-46)43-29-44(41-21-27-55-51(34-41)49-13-5-7-15-53(49)58-55)31-45(30-43)42-22-28-56-52(35-42)50-14-6-8-16-54(50)59-56/h1-35H. The van der Waals surface area contributed by atoms with Gasteiger partial charge in [0.25, 0.3) is 0 Å². The number of benzene rings is 10. The van der Waals surface area contributed by atoms with Gasteiger partial charge in [-0.05, 0) is 146 Å². The number of furan rings is 2. The summed E-state index contributed by atoms with van der Waals surface area (Å²) in [5.41, 5.74) is 13.7. The topological polar surface area (TPSA) is 29.5 Å². The van der Waals surface area contributed by atoms with Gasteiger partial charge in [-0.1, -0.05) is 121 Å². The monoisotopic (exact) mass is 753 g/mol. The van der Waals surface area contributed by atoms with E-state index >= 15 is 0 Å². The average molecular weight is 754 g/mol. The van der Waals surface area contributed by atoms with Gasteiger partial charge in [0, 0.05) is 38.6 Å². The van der Waals surface area contributed by atoms with E-state index in [0.717, 1.165) is 94.3 Å². The van der Waals surface area contributed by atoms with Crippen LogP contribution in [-0.4, -0.2) is 0 Å². The van der Waals surface area contributed by atoms with Crippen LogP contribution in [-0.2, 0) is 0 Å². The lowest BCUT2D eigenvalue weighted by molar-refractivity contribution is 0.668. The van der Waals surface area contributed by atoms with Crippen molar-refractivity contribution in [2.45, 2.75) is 0 Å². The van der Waals surface area contributed by atoms with Crippen molar-refractivity contribution < 1.29 is 8.83 Å². The van der Waals surface area contributed by atoms with Crippen molar-refractivity contribution in [1.82, 2.24) is 0 Å². The first-order valence-electron chi connectivity index (χ1n) is 20.1. The Labute approximate surface area is 340 Å². The zero-order valence-corrected chi connectivity index (χ0v) is 32.0. The van der Waals surface area contributed by atoms with Crippen LogP contribution in [0.1, 0.15) is 0 Å². The Morgan fingerprint density at radius 1 is 0.237 bits per heavy atom. The largest absolute Gasteiger partial charge is 0.456 e. The van der Waals surface area contributed by atoms with Crippen LogP contribution < -0.4 is 4.90 Å². The summed E-state index contributed by atoms with van der Waals surface area (Å²) < 4.78 is 12.4. The van der Waals surface area contributed by atoms with Crippen LogP contribution in [0.15, 0.2) is 221 Å². The number of hydrogen-bond donors (Lipinski definition) is 0. The Balaban J connectivity index is 1.01. The second-order valence-corrected chi connectivity index (χ2v) is 15.4. The first-order valence-corrected chi connectivity index (χ1v) is 20.1. The van der Waals surface area contributed by atoms with E-state index in [9.17, 15) is 0 Å². The van der Waals surface area contributed by atoms with Gasteiger partial charge in [0.1, 0.15) is 22.3 Å².